The minimum atomic E-state index is -0.524. The molecule has 0 radical (unpaired) electrons. The summed E-state index contributed by atoms with van der Waals surface area (Å²) in [5, 5.41) is 4.33. The number of likely N-dealkylation sites (tertiary alicyclic amines) is 1. The molecule has 3 N–H and O–H groups in total. The number of nitrogens with one attached hydrogen (secondary N) is 1. The van der Waals surface area contributed by atoms with Crippen LogP contribution >= 0.6 is 11.6 Å². The molecule has 0 unspecified atom stereocenters. The van der Waals surface area contributed by atoms with Crippen LogP contribution in [-0.4, -0.2) is 73.1 Å². The van der Waals surface area contributed by atoms with Gasteiger partial charge in [0.2, 0.25) is 0 Å². The number of hydrogen-bond donors (Lipinski definition) is 2. The van der Waals surface area contributed by atoms with Crippen molar-refractivity contribution < 1.29 is 18.7 Å². The number of pyridine rings is 2. The largest absolute Gasteiger partial charge is 0.380 e. The standard InChI is InChI=1S/C35H38ClFN8O3/c1-19-25-9-8-20-17-28(45(32(20)41-25)13-6-4-5-7-26-30(34(46)40-19)22(36)10-12-39-26)33-42-27-16-21(15-23(37)31(27)43(33)2)35(47)44-14-11-29(48-3)24(38)18-44/h8-10,12,15-17,19,24,29H,4-7,11,13-14,18,38H2,1-3H3,(H,40,46)/t19-,24+,29-/m1/s1. The Labute approximate surface area is 282 Å². The Kier molecular flexibility index (Phi) is 8.65. The third kappa shape index (κ3) is 5.71. The number of aryl methyl sites for hydroxylation is 3. The second-order valence-electron chi connectivity index (χ2n) is 12.7. The maximum absolute atomic E-state index is 15.8. The monoisotopic (exact) mass is 672 g/mol. The molecule has 5 aromatic rings. The third-order valence-corrected chi connectivity index (χ3v) is 9.95. The Bertz CT molecular complexity index is 2060. The van der Waals surface area contributed by atoms with Gasteiger partial charge in [0.15, 0.2) is 5.82 Å². The summed E-state index contributed by atoms with van der Waals surface area (Å²) in [5.41, 5.74) is 10.5. The number of aromatic nitrogens is 5. The number of nitrogens with zero attached hydrogens (tertiary/aromatic N) is 6. The van der Waals surface area contributed by atoms with Crippen LogP contribution < -0.4 is 11.1 Å². The Morgan fingerprint density at radius 1 is 1.12 bits per heavy atom. The van der Waals surface area contributed by atoms with Gasteiger partial charge in [-0.2, -0.15) is 0 Å². The molecule has 250 valence electrons. The molecule has 1 fully saturated rings. The molecule has 1 aromatic carbocycles. The number of amides is 2. The Morgan fingerprint density at radius 2 is 1.96 bits per heavy atom. The highest BCUT2D eigenvalue weighted by Crippen LogP contribution is 2.33. The van der Waals surface area contributed by atoms with E-state index in [0.29, 0.717) is 71.3 Å². The van der Waals surface area contributed by atoms with Gasteiger partial charge in [0, 0.05) is 57.0 Å². The lowest BCUT2D eigenvalue weighted by Crippen LogP contribution is -2.53. The summed E-state index contributed by atoms with van der Waals surface area (Å²) in [6, 6.07) is 9.75. The van der Waals surface area contributed by atoms with Gasteiger partial charge >= 0.3 is 0 Å². The number of ether oxygens (including phenoxy) is 1. The summed E-state index contributed by atoms with van der Waals surface area (Å²) in [6.45, 7) is 3.35. The molecule has 3 atom stereocenters. The highest BCUT2D eigenvalue weighted by atomic mass is 35.5. The van der Waals surface area contributed by atoms with Crippen molar-refractivity contribution in [3.05, 3.63) is 75.9 Å². The van der Waals surface area contributed by atoms with Crippen molar-refractivity contribution in [3.63, 3.8) is 0 Å². The first-order valence-electron chi connectivity index (χ1n) is 16.3. The van der Waals surface area contributed by atoms with Crippen molar-refractivity contribution in [3.8, 4) is 11.5 Å². The molecule has 2 aliphatic rings. The first-order valence-corrected chi connectivity index (χ1v) is 16.7. The molecule has 2 aliphatic heterocycles. The van der Waals surface area contributed by atoms with Crippen LogP contribution in [0.2, 0.25) is 5.02 Å². The number of carbonyl (C=O) groups is 2. The predicted molar refractivity (Wildman–Crippen MR) is 181 cm³/mol. The molecule has 6 heterocycles. The van der Waals surface area contributed by atoms with Crippen LogP contribution in [0.25, 0.3) is 33.6 Å². The van der Waals surface area contributed by atoms with Gasteiger partial charge in [-0.25, -0.2) is 14.4 Å². The normalized spacial score (nSPS) is 20.6. The first-order chi connectivity index (χ1) is 23.1. The molecule has 1 saturated heterocycles. The first kappa shape index (κ1) is 32.2. The van der Waals surface area contributed by atoms with Crippen LogP contribution in [0.5, 0.6) is 0 Å². The SMILES string of the molecule is CO[C@@H]1CCN(C(=O)c2cc(F)c3c(c2)nc(-c2cc4ccc5nc4n2CCCCCc2nccc(Cl)c2C(=O)N[C@@H]5C)n3C)C[C@@H]1N. The summed E-state index contributed by atoms with van der Waals surface area (Å²) >= 11 is 6.46. The summed E-state index contributed by atoms with van der Waals surface area (Å²) in [4.78, 5) is 42.9. The highest BCUT2D eigenvalue weighted by molar-refractivity contribution is 6.34. The van der Waals surface area contributed by atoms with Crippen molar-refractivity contribution in [2.24, 2.45) is 12.8 Å². The van der Waals surface area contributed by atoms with Crippen LogP contribution in [0.1, 0.15) is 70.8 Å². The van der Waals surface area contributed by atoms with Gasteiger partial charge in [0.05, 0.1) is 45.3 Å². The van der Waals surface area contributed by atoms with Crippen LogP contribution in [0.15, 0.2) is 42.6 Å². The van der Waals surface area contributed by atoms with Gasteiger partial charge in [0.25, 0.3) is 11.8 Å². The summed E-state index contributed by atoms with van der Waals surface area (Å²) in [5.74, 6) is -0.531. The summed E-state index contributed by atoms with van der Waals surface area (Å²) in [7, 11) is 3.40. The number of piperidine rings is 1. The van der Waals surface area contributed by atoms with E-state index in [0.717, 1.165) is 36.0 Å². The van der Waals surface area contributed by atoms with Crippen LogP contribution in [-0.2, 0) is 24.8 Å². The number of hydrogen-bond acceptors (Lipinski definition) is 7. The van der Waals surface area contributed by atoms with Crippen molar-refractivity contribution in [1.82, 2.24) is 34.3 Å². The summed E-state index contributed by atoms with van der Waals surface area (Å²) in [6.07, 6.45) is 5.28. The van der Waals surface area contributed by atoms with Gasteiger partial charge in [-0.1, -0.05) is 18.0 Å². The number of fused-ring (bicyclic) bond motifs is 3. The third-order valence-electron chi connectivity index (χ3n) is 9.64. The molecule has 0 aliphatic carbocycles. The smallest absolute Gasteiger partial charge is 0.255 e. The molecule has 0 spiro atoms. The lowest BCUT2D eigenvalue weighted by molar-refractivity contribution is 0.0227. The minimum Gasteiger partial charge on any atom is -0.380 e. The van der Waals surface area contributed by atoms with E-state index in [4.69, 9.17) is 32.0 Å². The van der Waals surface area contributed by atoms with E-state index in [-0.39, 0.29) is 29.5 Å². The Balaban J connectivity index is 1.26. The minimum absolute atomic E-state index is 0.115. The number of methoxy groups -OCH3 is 1. The maximum Gasteiger partial charge on any atom is 0.255 e. The number of carbonyl (C=O) groups excluding carboxylic acids is 2. The average molecular weight is 673 g/mol. The Morgan fingerprint density at radius 3 is 2.75 bits per heavy atom. The maximum atomic E-state index is 15.8. The lowest BCUT2D eigenvalue weighted by Gasteiger charge is -2.35. The van der Waals surface area contributed by atoms with Gasteiger partial charge in [-0.05, 0) is 69.0 Å². The molecule has 2 amide bonds. The quantitative estimate of drug-likeness (QED) is 0.270. The highest BCUT2D eigenvalue weighted by Gasteiger charge is 2.31. The predicted octanol–water partition coefficient (Wildman–Crippen LogP) is 5.18. The van der Waals surface area contributed by atoms with Crippen LogP contribution in [0, 0.1) is 5.82 Å². The number of nitrogens with two attached hydrogens (primary N) is 1. The van der Waals surface area contributed by atoms with Gasteiger partial charge in [0.1, 0.15) is 17.0 Å². The van der Waals surface area contributed by atoms with Crippen molar-refractivity contribution in [2.75, 3.05) is 20.2 Å². The second kappa shape index (κ2) is 12.9. The van der Waals surface area contributed by atoms with E-state index in [1.807, 2.05) is 25.1 Å². The molecule has 48 heavy (non-hydrogen) atoms. The van der Waals surface area contributed by atoms with Gasteiger partial charge < -0.3 is 29.8 Å². The molecule has 2 bridgehead atoms. The number of imidazole rings is 1. The molecule has 7 rings (SSSR count). The summed E-state index contributed by atoms with van der Waals surface area (Å²) < 4.78 is 25.1. The zero-order valence-electron chi connectivity index (χ0n) is 27.2. The van der Waals surface area contributed by atoms with E-state index in [1.54, 1.807) is 42.0 Å². The van der Waals surface area contributed by atoms with E-state index in [1.165, 1.54) is 6.07 Å². The van der Waals surface area contributed by atoms with E-state index in [9.17, 15) is 9.59 Å². The second-order valence-corrected chi connectivity index (χ2v) is 13.2. The van der Waals surface area contributed by atoms with Crippen LogP contribution in [0.4, 0.5) is 4.39 Å². The molecule has 0 saturated carbocycles. The molecule has 4 aromatic heterocycles. The average Bonchev–Trinajstić information content (AvgIpc) is 3.60. The topological polar surface area (TPSA) is 133 Å². The zero-order valence-corrected chi connectivity index (χ0v) is 27.9. The fraction of sp³-hybridized carbons (Fsp3) is 0.400. The van der Waals surface area contributed by atoms with Gasteiger partial charge in [-0.15, -0.1) is 0 Å². The lowest BCUT2D eigenvalue weighted by atomic mass is 10.0. The van der Waals surface area contributed by atoms with Crippen molar-refractivity contribution >= 4 is 45.5 Å². The van der Waals surface area contributed by atoms with Crippen molar-refractivity contribution in [1.29, 1.82) is 0 Å². The van der Waals surface area contributed by atoms with Gasteiger partial charge in [-0.3, -0.25) is 14.6 Å². The molecular formula is C35H38ClFN8O3. The van der Waals surface area contributed by atoms with E-state index < -0.39 is 11.9 Å². The fourth-order valence-corrected chi connectivity index (χ4v) is 7.30. The molecule has 13 heteroatoms. The number of halogens is 2. The van der Waals surface area contributed by atoms with Crippen LogP contribution in [0.3, 0.4) is 0 Å². The van der Waals surface area contributed by atoms with E-state index in [2.05, 4.69) is 14.9 Å². The molecule has 11 nitrogen and oxygen atoms in total. The number of benzene rings is 1. The van der Waals surface area contributed by atoms with E-state index >= 15 is 4.39 Å². The molecular weight excluding hydrogens is 635 g/mol. The zero-order chi connectivity index (χ0) is 33.7. The number of rotatable bonds is 3. The fourth-order valence-electron chi connectivity index (χ4n) is 7.05. The Hall–Kier alpha value is -4.39. The van der Waals surface area contributed by atoms with Crippen molar-refractivity contribution in [2.45, 2.75) is 63.8 Å².